The average Bonchev–Trinajstić information content (AvgIpc) is 2.62. The first-order valence-corrected chi connectivity index (χ1v) is 8.72. The maximum atomic E-state index is 11.5. The summed E-state index contributed by atoms with van der Waals surface area (Å²) in [5.74, 6) is 0.428. The van der Waals surface area contributed by atoms with Crippen LogP contribution in [0.3, 0.4) is 0 Å². The molecule has 1 aliphatic rings. The number of carboxylic acid groups (broad SMARTS) is 1. The molecule has 2 N–H and O–H groups in total. The third-order valence-corrected chi connectivity index (χ3v) is 4.30. The summed E-state index contributed by atoms with van der Waals surface area (Å²) >= 11 is 0. The van der Waals surface area contributed by atoms with Gasteiger partial charge in [-0.3, -0.25) is 4.90 Å². The topological polar surface area (TPSA) is 87.6 Å². The molecule has 1 aromatic heterocycles. The number of rotatable bonds is 7. The normalized spacial score (nSPS) is 16.7. The number of fused-ring (bicyclic) bond motifs is 1. The lowest BCUT2D eigenvalue weighted by atomic mass is 10.1. The maximum absolute atomic E-state index is 11.5. The van der Waals surface area contributed by atoms with Gasteiger partial charge in [-0.15, -0.1) is 0 Å². The molecule has 3 rings (SSSR count). The first-order valence-electron chi connectivity index (χ1n) is 8.72. The van der Waals surface area contributed by atoms with E-state index in [0.29, 0.717) is 24.6 Å². The van der Waals surface area contributed by atoms with Crippen LogP contribution in [0.1, 0.15) is 25.6 Å². The summed E-state index contributed by atoms with van der Waals surface area (Å²) in [6.07, 6.45) is 1.33. The zero-order chi connectivity index (χ0) is 17.6. The number of nitrogens with zero attached hydrogens (tertiary/aromatic N) is 3. The van der Waals surface area contributed by atoms with Crippen molar-refractivity contribution >= 4 is 22.7 Å². The van der Waals surface area contributed by atoms with Gasteiger partial charge >= 0.3 is 5.97 Å². The summed E-state index contributed by atoms with van der Waals surface area (Å²) in [7, 11) is 0. The first kappa shape index (κ1) is 17.6. The second kappa shape index (κ2) is 8.22. The minimum atomic E-state index is -0.862. The Labute approximate surface area is 147 Å². The Hall–Kier alpha value is -2.25. The van der Waals surface area contributed by atoms with Crippen LogP contribution in [0.2, 0.25) is 0 Å². The second-order valence-electron chi connectivity index (χ2n) is 6.22. The largest absolute Gasteiger partial charge is 0.480 e. The first-order chi connectivity index (χ1) is 12.2. The van der Waals surface area contributed by atoms with E-state index in [-0.39, 0.29) is 0 Å². The lowest BCUT2D eigenvalue weighted by Crippen LogP contribution is -2.36. The molecule has 134 valence electrons. The van der Waals surface area contributed by atoms with E-state index < -0.39 is 12.0 Å². The molecule has 1 fully saturated rings. The smallest absolute Gasteiger partial charge is 0.326 e. The molecule has 25 heavy (non-hydrogen) atoms. The lowest BCUT2D eigenvalue weighted by molar-refractivity contribution is -0.138. The van der Waals surface area contributed by atoms with Crippen molar-refractivity contribution in [2.24, 2.45) is 0 Å². The Morgan fingerprint density at radius 2 is 2.08 bits per heavy atom. The van der Waals surface area contributed by atoms with Crippen LogP contribution in [0.4, 0.5) is 5.82 Å². The van der Waals surface area contributed by atoms with Crippen LogP contribution in [-0.2, 0) is 16.1 Å². The van der Waals surface area contributed by atoms with Crippen LogP contribution in [0, 0.1) is 0 Å². The van der Waals surface area contributed by atoms with Crippen LogP contribution in [0.25, 0.3) is 10.9 Å². The van der Waals surface area contributed by atoms with Crippen LogP contribution < -0.4 is 5.32 Å². The Balaban J connectivity index is 1.90. The number of carbonyl (C=O) groups is 1. The predicted octanol–water partition coefficient (Wildman–Crippen LogP) is 2.13. The Morgan fingerprint density at radius 3 is 2.80 bits per heavy atom. The predicted molar refractivity (Wildman–Crippen MR) is 95.6 cm³/mol. The average molecular weight is 344 g/mol. The number of nitrogens with one attached hydrogen (secondary N) is 1. The number of hydrogen-bond donors (Lipinski definition) is 2. The highest BCUT2D eigenvalue weighted by atomic mass is 16.5. The van der Waals surface area contributed by atoms with E-state index >= 15 is 0 Å². The van der Waals surface area contributed by atoms with Gasteiger partial charge in [0, 0.05) is 18.5 Å². The van der Waals surface area contributed by atoms with Gasteiger partial charge in [-0.1, -0.05) is 25.5 Å². The third kappa shape index (κ3) is 4.43. The summed E-state index contributed by atoms with van der Waals surface area (Å²) in [6.45, 7) is 5.75. The number of aliphatic carboxylic acids is 1. The van der Waals surface area contributed by atoms with Gasteiger partial charge in [0.15, 0.2) is 0 Å². The van der Waals surface area contributed by atoms with Gasteiger partial charge in [0.25, 0.3) is 0 Å². The van der Waals surface area contributed by atoms with Gasteiger partial charge in [-0.25, -0.2) is 14.8 Å². The fraction of sp³-hybridized carbons (Fsp3) is 0.500. The molecular formula is C18H24N4O3. The molecule has 1 saturated heterocycles. The molecule has 0 saturated carbocycles. The van der Waals surface area contributed by atoms with Gasteiger partial charge in [0.05, 0.1) is 25.3 Å². The van der Waals surface area contributed by atoms with Crippen molar-refractivity contribution in [3.05, 3.63) is 30.1 Å². The highest BCUT2D eigenvalue weighted by Gasteiger charge is 2.19. The Morgan fingerprint density at radius 1 is 1.32 bits per heavy atom. The molecule has 0 bridgehead atoms. The zero-order valence-electron chi connectivity index (χ0n) is 14.4. The van der Waals surface area contributed by atoms with Crippen molar-refractivity contribution < 1.29 is 14.6 Å². The molecular weight excluding hydrogens is 320 g/mol. The SMILES string of the molecule is CCCC(Nc1nc(CN2CCOCC2)nc2ccccc12)C(=O)O. The van der Waals surface area contributed by atoms with Gasteiger partial charge < -0.3 is 15.2 Å². The van der Waals surface area contributed by atoms with Crippen molar-refractivity contribution in [2.75, 3.05) is 31.6 Å². The number of benzene rings is 1. The Kier molecular flexibility index (Phi) is 5.78. The van der Waals surface area contributed by atoms with Crippen LogP contribution >= 0.6 is 0 Å². The zero-order valence-corrected chi connectivity index (χ0v) is 14.4. The van der Waals surface area contributed by atoms with Gasteiger partial charge in [0.1, 0.15) is 17.7 Å². The van der Waals surface area contributed by atoms with E-state index in [9.17, 15) is 9.90 Å². The summed E-state index contributed by atoms with van der Waals surface area (Å²) in [5.41, 5.74) is 0.823. The summed E-state index contributed by atoms with van der Waals surface area (Å²) in [4.78, 5) is 23.0. The number of ether oxygens (including phenoxy) is 1. The van der Waals surface area contributed by atoms with Crippen molar-refractivity contribution in [3.63, 3.8) is 0 Å². The van der Waals surface area contributed by atoms with E-state index in [4.69, 9.17) is 4.74 Å². The van der Waals surface area contributed by atoms with Gasteiger partial charge in [-0.2, -0.15) is 0 Å². The fourth-order valence-electron chi connectivity index (χ4n) is 2.98. The minimum absolute atomic E-state index is 0.548. The number of anilines is 1. The number of morpholine rings is 1. The summed E-state index contributed by atoms with van der Waals surface area (Å²) in [5, 5.41) is 13.4. The van der Waals surface area contributed by atoms with E-state index in [2.05, 4.69) is 20.2 Å². The molecule has 0 radical (unpaired) electrons. The number of carboxylic acids is 1. The van der Waals surface area contributed by atoms with Crippen LogP contribution in [-0.4, -0.2) is 58.3 Å². The lowest BCUT2D eigenvalue weighted by Gasteiger charge is -2.26. The van der Waals surface area contributed by atoms with E-state index in [1.54, 1.807) is 0 Å². The number of para-hydroxylation sites is 1. The number of aromatic nitrogens is 2. The molecule has 0 aliphatic carbocycles. The highest BCUT2D eigenvalue weighted by molar-refractivity contribution is 5.90. The van der Waals surface area contributed by atoms with E-state index in [1.807, 2.05) is 31.2 Å². The number of hydrogen-bond acceptors (Lipinski definition) is 6. The van der Waals surface area contributed by atoms with Crippen LogP contribution in [0.5, 0.6) is 0 Å². The van der Waals surface area contributed by atoms with Crippen molar-refractivity contribution in [1.82, 2.24) is 14.9 Å². The molecule has 1 unspecified atom stereocenters. The molecule has 1 aromatic carbocycles. The van der Waals surface area contributed by atoms with E-state index in [0.717, 1.165) is 43.6 Å². The highest BCUT2D eigenvalue weighted by Crippen LogP contribution is 2.22. The molecule has 0 spiro atoms. The van der Waals surface area contributed by atoms with Gasteiger partial charge in [-0.05, 0) is 18.6 Å². The van der Waals surface area contributed by atoms with E-state index in [1.165, 1.54) is 0 Å². The van der Waals surface area contributed by atoms with Crippen molar-refractivity contribution in [1.29, 1.82) is 0 Å². The van der Waals surface area contributed by atoms with Crippen molar-refractivity contribution in [2.45, 2.75) is 32.4 Å². The molecule has 1 aliphatic heterocycles. The molecule has 0 amide bonds. The second-order valence-corrected chi connectivity index (χ2v) is 6.22. The van der Waals surface area contributed by atoms with Gasteiger partial charge in [0.2, 0.25) is 0 Å². The molecule has 1 atom stereocenters. The maximum Gasteiger partial charge on any atom is 0.326 e. The quantitative estimate of drug-likeness (QED) is 0.795. The van der Waals surface area contributed by atoms with Crippen LogP contribution in [0.15, 0.2) is 24.3 Å². The van der Waals surface area contributed by atoms with Crippen molar-refractivity contribution in [3.8, 4) is 0 Å². The minimum Gasteiger partial charge on any atom is -0.480 e. The standard InChI is InChI=1S/C18H24N4O3/c1-2-5-15(18(23)24)20-17-13-6-3-4-7-14(13)19-16(21-17)12-22-8-10-25-11-9-22/h3-4,6-7,15H,2,5,8-12H2,1H3,(H,23,24)(H,19,20,21). The summed E-state index contributed by atoms with van der Waals surface area (Å²) < 4.78 is 5.38. The molecule has 7 heteroatoms. The molecule has 7 nitrogen and oxygen atoms in total. The summed E-state index contributed by atoms with van der Waals surface area (Å²) in [6, 6.07) is 7.04. The Bertz CT molecular complexity index is 731. The third-order valence-electron chi connectivity index (χ3n) is 4.30. The molecule has 2 aromatic rings. The fourth-order valence-corrected chi connectivity index (χ4v) is 2.98. The molecule has 2 heterocycles. The monoisotopic (exact) mass is 344 g/mol.